The maximum Gasteiger partial charge on any atom is 0.174 e. The van der Waals surface area contributed by atoms with Crippen LogP contribution < -0.4 is 19.9 Å². The summed E-state index contributed by atoms with van der Waals surface area (Å²) in [5.74, 6) is 1.63. The molecule has 0 bridgehead atoms. The minimum atomic E-state index is -0.120. The van der Waals surface area contributed by atoms with E-state index in [9.17, 15) is 0 Å². The minimum absolute atomic E-state index is 0.101. The third-order valence-corrected chi connectivity index (χ3v) is 8.87. The lowest BCUT2D eigenvalue weighted by Crippen LogP contribution is -2.29. The molecule has 5 aromatic rings. The Morgan fingerprint density at radius 2 is 1.52 bits per heavy atom. The van der Waals surface area contributed by atoms with E-state index in [1.165, 1.54) is 22.6 Å². The molecule has 3 aromatic carbocycles. The van der Waals surface area contributed by atoms with Gasteiger partial charge in [0.1, 0.15) is 11.5 Å². The molecule has 1 saturated heterocycles. The van der Waals surface area contributed by atoms with Gasteiger partial charge in [-0.05, 0) is 131 Å². The summed E-state index contributed by atoms with van der Waals surface area (Å²) >= 11 is 6.01. The number of rotatable bonds is 9. The number of thiocarbonyl (C=S) groups is 1. The number of aryl methyl sites for hydroxylation is 2. The molecule has 0 spiro atoms. The maximum absolute atomic E-state index is 6.20. The Hall–Kier alpha value is -4.62. The van der Waals surface area contributed by atoms with E-state index in [4.69, 9.17) is 21.9 Å². The van der Waals surface area contributed by atoms with E-state index in [0.29, 0.717) is 5.11 Å². The van der Waals surface area contributed by atoms with Crippen molar-refractivity contribution in [3.8, 4) is 17.2 Å². The summed E-state index contributed by atoms with van der Waals surface area (Å²) in [5.41, 5.74) is 8.99. The first-order chi connectivity index (χ1) is 21.4. The van der Waals surface area contributed by atoms with Crippen LogP contribution in [0.3, 0.4) is 0 Å². The van der Waals surface area contributed by atoms with E-state index in [-0.39, 0.29) is 12.1 Å². The van der Waals surface area contributed by atoms with Crippen LogP contribution >= 0.6 is 12.2 Å². The summed E-state index contributed by atoms with van der Waals surface area (Å²) in [6.45, 7) is 12.8. The standard InChI is InChI=1S/C37H39N5OS/c1-6-40(7-2)28-15-17-29(18-16-28)41-26(4)24-32(27(41)5)36-35(33-13-10-11-23-38-33)39-37(44)42(36)30-19-21-31(22-20-30)43-34-14-9-8-12-25(34)3/h8-24,35-36H,6-7H2,1-5H3,(H,39,44)/t35-,36+/m0/s1. The van der Waals surface area contributed by atoms with Crippen molar-refractivity contribution in [3.63, 3.8) is 0 Å². The molecule has 6 rings (SSSR count). The number of aromatic nitrogens is 2. The molecule has 7 heteroatoms. The summed E-state index contributed by atoms with van der Waals surface area (Å²) in [6, 6.07) is 33.2. The van der Waals surface area contributed by atoms with Gasteiger partial charge in [0.05, 0.1) is 17.8 Å². The smallest absolute Gasteiger partial charge is 0.174 e. The predicted octanol–water partition coefficient (Wildman–Crippen LogP) is 8.61. The van der Waals surface area contributed by atoms with Crippen LogP contribution in [0.2, 0.25) is 0 Å². The molecule has 2 aromatic heterocycles. The fourth-order valence-electron chi connectivity index (χ4n) is 6.31. The molecule has 1 fully saturated rings. The highest BCUT2D eigenvalue weighted by atomic mass is 32.1. The third-order valence-electron chi connectivity index (χ3n) is 8.56. The number of hydrogen-bond donors (Lipinski definition) is 1. The number of ether oxygens (including phenoxy) is 1. The van der Waals surface area contributed by atoms with Crippen molar-refractivity contribution in [3.05, 3.63) is 131 Å². The minimum Gasteiger partial charge on any atom is -0.457 e. The summed E-state index contributed by atoms with van der Waals surface area (Å²) in [7, 11) is 0. The first kappa shape index (κ1) is 29.5. The highest BCUT2D eigenvalue weighted by Crippen LogP contribution is 2.44. The highest BCUT2D eigenvalue weighted by Gasteiger charge is 2.42. The predicted molar refractivity (Wildman–Crippen MR) is 184 cm³/mol. The van der Waals surface area contributed by atoms with Crippen LogP contribution in [0.1, 0.15) is 54.1 Å². The quantitative estimate of drug-likeness (QED) is 0.171. The zero-order chi connectivity index (χ0) is 30.8. The molecule has 1 N–H and O–H groups in total. The summed E-state index contributed by atoms with van der Waals surface area (Å²) < 4.78 is 8.54. The Balaban J connectivity index is 1.38. The van der Waals surface area contributed by atoms with Gasteiger partial charge >= 0.3 is 0 Å². The van der Waals surface area contributed by atoms with Gasteiger partial charge in [0.25, 0.3) is 0 Å². The molecular formula is C37H39N5OS. The topological polar surface area (TPSA) is 45.6 Å². The zero-order valence-electron chi connectivity index (χ0n) is 26.0. The van der Waals surface area contributed by atoms with Crippen LogP contribution in [-0.2, 0) is 0 Å². The average molecular weight is 602 g/mol. The lowest BCUT2D eigenvalue weighted by Gasteiger charge is -2.28. The number of benzene rings is 3. The van der Waals surface area contributed by atoms with E-state index < -0.39 is 0 Å². The zero-order valence-corrected chi connectivity index (χ0v) is 26.8. The number of anilines is 2. The van der Waals surface area contributed by atoms with Crippen LogP contribution in [0.25, 0.3) is 5.69 Å². The van der Waals surface area contributed by atoms with Crippen molar-refractivity contribution in [2.45, 2.75) is 46.7 Å². The summed E-state index contributed by atoms with van der Waals surface area (Å²) in [6.07, 6.45) is 1.85. The highest BCUT2D eigenvalue weighted by molar-refractivity contribution is 7.80. The van der Waals surface area contributed by atoms with Gasteiger partial charge in [0.15, 0.2) is 5.11 Å². The number of para-hydroxylation sites is 1. The second kappa shape index (κ2) is 12.5. The second-order valence-corrected chi connectivity index (χ2v) is 11.6. The number of pyridine rings is 1. The van der Waals surface area contributed by atoms with Gasteiger partial charge in [-0.15, -0.1) is 0 Å². The van der Waals surface area contributed by atoms with E-state index in [0.717, 1.165) is 47.2 Å². The van der Waals surface area contributed by atoms with Gasteiger partial charge in [-0.2, -0.15) is 0 Å². The van der Waals surface area contributed by atoms with Gasteiger partial charge < -0.3 is 24.4 Å². The molecule has 0 unspecified atom stereocenters. The van der Waals surface area contributed by atoms with Gasteiger partial charge in [-0.1, -0.05) is 24.3 Å². The van der Waals surface area contributed by atoms with Crippen molar-refractivity contribution in [1.82, 2.24) is 14.9 Å². The van der Waals surface area contributed by atoms with E-state index in [1.54, 1.807) is 0 Å². The van der Waals surface area contributed by atoms with Crippen LogP contribution in [0.5, 0.6) is 11.5 Å². The molecule has 224 valence electrons. The summed E-state index contributed by atoms with van der Waals surface area (Å²) in [5, 5.41) is 4.28. The Morgan fingerprint density at radius 1 is 0.841 bits per heavy atom. The van der Waals surface area contributed by atoms with Crippen molar-refractivity contribution >= 4 is 28.7 Å². The van der Waals surface area contributed by atoms with Crippen LogP contribution in [0, 0.1) is 20.8 Å². The number of nitrogens with one attached hydrogen (secondary N) is 1. The van der Waals surface area contributed by atoms with Crippen molar-refractivity contribution in [2.24, 2.45) is 0 Å². The molecule has 1 aliphatic rings. The molecule has 1 aliphatic heterocycles. The van der Waals surface area contributed by atoms with Crippen molar-refractivity contribution < 1.29 is 4.74 Å². The number of nitrogens with zero attached hydrogens (tertiary/aromatic N) is 4. The summed E-state index contributed by atoms with van der Waals surface area (Å²) in [4.78, 5) is 9.33. The van der Waals surface area contributed by atoms with Crippen LogP contribution in [-0.4, -0.2) is 27.8 Å². The fourth-order valence-corrected chi connectivity index (χ4v) is 6.65. The third kappa shape index (κ3) is 5.55. The molecule has 0 saturated carbocycles. The van der Waals surface area contributed by atoms with E-state index in [2.05, 4.69) is 109 Å². The lowest BCUT2D eigenvalue weighted by molar-refractivity contribution is 0.479. The van der Waals surface area contributed by atoms with Crippen molar-refractivity contribution in [2.75, 3.05) is 22.9 Å². The molecule has 0 radical (unpaired) electrons. The Morgan fingerprint density at radius 3 is 2.18 bits per heavy atom. The van der Waals surface area contributed by atoms with E-state index in [1.807, 2.05) is 48.7 Å². The Labute approximate surface area is 265 Å². The van der Waals surface area contributed by atoms with Gasteiger partial charge in [-0.3, -0.25) is 4.98 Å². The fraction of sp³-hybridized carbons (Fsp3) is 0.243. The van der Waals surface area contributed by atoms with Crippen LogP contribution in [0.4, 0.5) is 11.4 Å². The molecule has 0 aliphatic carbocycles. The molecule has 2 atom stereocenters. The second-order valence-electron chi connectivity index (χ2n) is 11.2. The molecular weight excluding hydrogens is 563 g/mol. The maximum atomic E-state index is 6.20. The first-order valence-electron chi connectivity index (χ1n) is 15.3. The van der Waals surface area contributed by atoms with Gasteiger partial charge in [-0.25, -0.2) is 0 Å². The van der Waals surface area contributed by atoms with Gasteiger partial charge in [0.2, 0.25) is 0 Å². The lowest BCUT2D eigenvalue weighted by atomic mass is 9.96. The monoisotopic (exact) mass is 601 g/mol. The van der Waals surface area contributed by atoms with Crippen LogP contribution in [0.15, 0.2) is 103 Å². The molecule has 0 amide bonds. The number of hydrogen-bond acceptors (Lipinski definition) is 4. The SMILES string of the molecule is CCN(CC)c1ccc(-n2c(C)cc([C@@H]3[C@H](c4ccccn4)NC(=S)N3c3ccc(Oc4ccccc4C)cc3)c2C)cc1. The van der Waals surface area contributed by atoms with Gasteiger partial charge in [0, 0.05) is 47.7 Å². The molecule has 44 heavy (non-hydrogen) atoms. The first-order valence-corrected chi connectivity index (χ1v) is 15.7. The Kier molecular flexibility index (Phi) is 8.40. The average Bonchev–Trinajstić information content (AvgIpc) is 3.54. The largest absolute Gasteiger partial charge is 0.457 e. The van der Waals surface area contributed by atoms with Crippen molar-refractivity contribution in [1.29, 1.82) is 0 Å². The normalized spacial score (nSPS) is 16.2. The molecule has 3 heterocycles. The Bertz CT molecular complexity index is 1740. The molecule has 6 nitrogen and oxygen atoms in total. The van der Waals surface area contributed by atoms with E-state index >= 15 is 0 Å².